The molecule has 0 radical (unpaired) electrons. The van der Waals surface area contributed by atoms with Crippen LogP contribution in [0.1, 0.15) is 28.8 Å². The third kappa shape index (κ3) is 5.57. The zero-order valence-electron chi connectivity index (χ0n) is 14.5. The van der Waals surface area contributed by atoms with Crippen molar-refractivity contribution in [3.8, 4) is 0 Å². The predicted octanol–water partition coefficient (Wildman–Crippen LogP) is 2.89. The summed E-state index contributed by atoms with van der Waals surface area (Å²) in [6.45, 7) is 0.193. The molecule has 1 aliphatic rings. The van der Waals surface area contributed by atoms with Crippen LogP contribution in [-0.4, -0.2) is 35.6 Å². The Morgan fingerprint density at radius 2 is 1.78 bits per heavy atom. The highest BCUT2D eigenvalue weighted by Gasteiger charge is 2.34. The summed E-state index contributed by atoms with van der Waals surface area (Å²) in [7, 11) is 0. The average Bonchev–Trinajstić information content (AvgIpc) is 2.60. The van der Waals surface area contributed by atoms with Crippen molar-refractivity contribution >= 4 is 23.5 Å². The van der Waals surface area contributed by atoms with Crippen LogP contribution in [0.5, 0.6) is 0 Å². The van der Waals surface area contributed by atoms with Crippen molar-refractivity contribution < 1.29 is 32.7 Å². The van der Waals surface area contributed by atoms with Crippen molar-refractivity contribution in [3.05, 3.63) is 41.5 Å². The van der Waals surface area contributed by atoms with Crippen LogP contribution in [0.3, 0.4) is 0 Å². The fraction of sp³-hybridized carbons (Fsp3) is 0.389. The third-order valence-corrected chi connectivity index (χ3v) is 4.29. The van der Waals surface area contributed by atoms with E-state index in [9.17, 15) is 32.7 Å². The summed E-state index contributed by atoms with van der Waals surface area (Å²) in [6, 6.07) is 4.11. The van der Waals surface area contributed by atoms with E-state index in [1.54, 1.807) is 24.4 Å². The molecule has 9 heteroatoms. The second kappa shape index (κ2) is 8.24. The number of allylic oxidation sites excluding steroid dienone is 2. The minimum Gasteiger partial charge on any atom is -0.481 e. The molecule has 0 saturated carbocycles. The lowest BCUT2D eigenvalue weighted by atomic mass is 9.82. The van der Waals surface area contributed by atoms with Crippen LogP contribution in [0.15, 0.2) is 30.4 Å². The maximum atomic E-state index is 12.5. The number of nitrogens with one attached hydrogen (secondary N) is 2. The van der Waals surface area contributed by atoms with E-state index in [4.69, 9.17) is 0 Å². The molecule has 2 rings (SSSR count). The lowest BCUT2D eigenvalue weighted by molar-refractivity contribution is -0.146. The van der Waals surface area contributed by atoms with Crippen molar-refractivity contribution in [2.45, 2.75) is 25.9 Å². The molecule has 2 atom stereocenters. The molecule has 27 heavy (non-hydrogen) atoms. The normalized spacial score (nSPS) is 19.4. The van der Waals surface area contributed by atoms with E-state index in [2.05, 4.69) is 5.32 Å². The highest BCUT2D eigenvalue weighted by Crippen LogP contribution is 2.28. The molecule has 0 heterocycles. The van der Waals surface area contributed by atoms with E-state index in [1.165, 1.54) is 18.2 Å². The van der Waals surface area contributed by atoms with Gasteiger partial charge in [-0.2, -0.15) is 13.2 Å². The number of aryl methyl sites for hydroxylation is 1. The first-order valence-electron chi connectivity index (χ1n) is 8.23. The molecule has 1 aromatic rings. The van der Waals surface area contributed by atoms with Crippen molar-refractivity contribution in [2.24, 2.45) is 11.8 Å². The summed E-state index contributed by atoms with van der Waals surface area (Å²) in [4.78, 5) is 35.7. The van der Waals surface area contributed by atoms with Crippen LogP contribution in [0.2, 0.25) is 0 Å². The second-order valence-electron chi connectivity index (χ2n) is 6.31. The van der Waals surface area contributed by atoms with Gasteiger partial charge in [0.2, 0.25) is 5.91 Å². The molecule has 0 saturated heterocycles. The van der Waals surface area contributed by atoms with Gasteiger partial charge in [0.15, 0.2) is 0 Å². The lowest BCUT2D eigenvalue weighted by Crippen LogP contribution is -2.35. The first-order chi connectivity index (χ1) is 12.6. The molecule has 6 nitrogen and oxygen atoms in total. The molecule has 1 aliphatic carbocycles. The largest absolute Gasteiger partial charge is 0.481 e. The number of carboxylic acid groups (broad SMARTS) is 1. The molecular formula is C18H19F3N2O4. The number of rotatable bonds is 5. The van der Waals surface area contributed by atoms with Gasteiger partial charge in [0.05, 0.1) is 11.8 Å². The monoisotopic (exact) mass is 384 g/mol. The Bertz CT molecular complexity index is 774. The smallest absolute Gasteiger partial charge is 0.405 e. The quantitative estimate of drug-likeness (QED) is 0.681. The Morgan fingerprint density at radius 1 is 1.15 bits per heavy atom. The number of carbonyl (C=O) groups excluding carboxylic acids is 2. The topological polar surface area (TPSA) is 95.5 Å². The standard InChI is InChI=1S/C18H19F3N2O4/c1-10-6-7-11(15(24)22-9-18(19,20)21)8-14(10)23-16(25)12-4-2-3-5-13(12)17(26)27/h2-3,6-8,12-13H,4-5,9H2,1H3,(H,22,24)(H,23,25)(H,26,27)/t12-,13-/m1/s1. The molecule has 146 valence electrons. The SMILES string of the molecule is Cc1ccc(C(=O)NCC(F)(F)F)cc1NC(=O)[C@@H]1CC=CC[C@H]1C(=O)O. The molecule has 0 fully saturated rings. The summed E-state index contributed by atoms with van der Waals surface area (Å²) in [5.41, 5.74) is 0.797. The molecule has 3 N–H and O–H groups in total. The van der Waals surface area contributed by atoms with E-state index < -0.39 is 42.3 Å². The highest BCUT2D eigenvalue weighted by atomic mass is 19.4. The van der Waals surface area contributed by atoms with Gasteiger partial charge in [0.1, 0.15) is 6.54 Å². The van der Waals surface area contributed by atoms with Gasteiger partial charge >= 0.3 is 12.1 Å². The van der Waals surface area contributed by atoms with Crippen molar-refractivity contribution in [3.63, 3.8) is 0 Å². The van der Waals surface area contributed by atoms with Crippen LogP contribution in [0.4, 0.5) is 18.9 Å². The van der Waals surface area contributed by atoms with Gasteiger partial charge in [0.25, 0.3) is 5.91 Å². The van der Waals surface area contributed by atoms with Crippen LogP contribution in [0.25, 0.3) is 0 Å². The first-order valence-corrected chi connectivity index (χ1v) is 8.23. The Balaban J connectivity index is 2.14. The predicted molar refractivity (Wildman–Crippen MR) is 91.2 cm³/mol. The lowest BCUT2D eigenvalue weighted by Gasteiger charge is -2.24. The maximum Gasteiger partial charge on any atom is 0.405 e. The number of halogens is 3. The number of aliphatic carboxylic acids is 1. The molecule has 0 aromatic heterocycles. The molecule has 0 aliphatic heterocycles. The zero-order chi connectivity index (χ0) is 20.2. The van der Waals surface area contributed by atoms with Gasteiger partial charge in [-0.05, 0) is 37.5 Å². The minimum atomic E-state index is -4.53. The Labute approximate surface area is 153 Å². The summed E-state index contributed by atoms with van der Waals surface area (Å²) in [5.74, 6) is -4.13. The summed E-state index contributed by atoms with van der Waals surface area (Å²) >= 11 is 0. The Kier molecular flexibility index (Phi) is 6.24. The molecule has 0 spiro atoms. The number of carboxylic acids is 1. The van der Waals surface area contributed by atoms with Gasteiger partial charge in [0, 0.05) is 11.3 Å². The van der Waals surface area contributed by atoms with Gasteiger partial charge in [-0.25, -0.2) is 0 Å². The fourth-order valence-electron chi connectivity index (χ4n) is 2.78. The van der Waals surface area contributed by atoms with E-state index >= 15 is 0 Å². The number of anilines is 1. The van der Waals surface area contributed by atoms with E-state index in [0.717, 1.165) is 0 Å². The second-order valence-corrected chi connectivity index (χ2v) is 6.31. The van der Waals surface area contributed by atoms with Crippen molar-refractivity contribution in [1.82, 2.24) is 5.32 Å². The zero-order valence-corrected chi connectivity index (χ0v) is 14.5. The number of amides is 2. The first kappa shape index (κ1) is 20.5. The van der Waals surface area contributed by atoms with Gasteiger partial charge in [-0.3, -0.25) is 14.4 Å². The highest BCUT2D eigenvalue weighted by molar-refractivity contribution is 5.99. The van der Waals surface area contributed by atoms with Crippen LogP contribution in [0, 0.1) is 18.8 Å². The molecule has 0 bridgehead atoms. The summed E-state index contributed by atoms with van der Waals surface area (Å²) < 4.78 is 36.7. The van der Waals surface area contributed by atoms with E-state index in [0.29, 0.717) is 5.56 Å². The van der Waals surface area contributed by atoms with Crippen LogP contribution in [-0.2, 0) is 9.59 Å². The van der Waals surface area contributed by atoms with Crippen LogP contribution < -0.4 is 10.6 Å². The van der Waals surface area contributed by atoms with Gasteiger partial charge < -0.3 is 15.7 Å². The Morgan fingerprint density at radius 3 is 2.37 bits per heavy atom. The van der Waals surface area contributed by atoms with Crippen molar-refractivity contribution in [2.75, 3.05) is 11.9 Å². The van der Waals surface area contributed by atoms with E-state index in [1.807, 2.05) is 0 Å². The summed E-state index contributed by atoms with van der Waals surface area (Å²) in [5, 5.41) is 13.6. The Hall–Kier alpha value is -2.84. The number of carbonyl (C=O) groups is 3. The van der Waals surface area contributed by atoms with Crippen molar-refractivity contribution in [1.29, 1.82) is 0 Å². The minimum absolute atomic E-state index is 0.0431. The summed E-state index contributed by atoms with van der Waals surface area (Å²) in [6.07, 6.45) is -0.575. The molecule has 1 aromatic carbocycles. The van der Waals surface area contributed by atoms with E-state index in [-0.39, 0.29) is 24.1 Å². The molecular weight excluding hydrogens is 365 g/mol. The van der Waals surface area contributed by atoms with Gasteiger partial charge in [-0.15, -0.1) is 0 Å². The van der Waals surface area contributed by atoms with Gasteiger partial charge in [-0.1, -0.05) is 18.2 Å². The fourth-order valence-corrected chi connectivity index (χ4v) is 2.78. The van der Waals surface area contributed by atoms with Crippen LogP contribution >= 0.6 is 0 Å². The number of hydrogen-bond donors (Lipinski definition) is 3. The maximum absolute atomic E-state index is 12.5. The number of hydrogen-bond acceptors (Lipinski definition) is 3. The molecule has 0 unspecified atom stereocenters. The number of alkyl halides is 3. The third-order valence-electron chi connectivity index (χ3n) is 4.29. The number of benzene rings is 1. The average molecular weight is 384 g/mol. The molecule has 2 amide bonds.